The van der Waals surface area contributed by atoms with Gasteiger partial charge in [-0.3, -0.25) is 0 Å². The molecule has 0 saturated heterocycles. The Bertz CT molecular complexity index is 831. The SMILES string of the molecule is COc1cc2sc(-c3ccccc3)c(C#N)c2cc1OC. The number of fused-ring (bicyclic) bond motifs is 1. The molecule has 0 aliphatic rings. The second-order valence-corrected chi connectivity index (χ2v) is 5.54. The maximum Gasteiger partial charge on any atom is 0.162 e. The zero-order valence-corrected chi connectivity index (χ0v) is 12.5. The molecule has 1 aromatic heterocycles. The maximum atomic E-state index is 9.54. The molecule has 0 bridgehead atoms. The standard InChI is InChI=1S/C17H13NO2S/c1-19-14-8-12-13(10-18)17(11-6-4-3-5-7-11)21-16(12)9-15(14)20-2/h3-9H,1-2H3. The Balaban J connectivity index is 2.31. The molecular formula is C17H13NO2S. The molecule has 0 unspecified atom stereocenters. The predicted molar refractivity (Wildman–Crippen MR) is 85.1 cm³/mol. The lowest BCUT2D eigenvalue weighted by Gasteiger charge is -2.06. The molecule has 4 heteroatoms. The quantitative estimate of drug-likeness (QED) is 0.716. The Morgan fingerprint density at radius 1 is 1.00 bits per heavy atom. The second-order valence-electron chi connectivity index (χ2n) is 4.49. The highest BCUT2D eigenvalue weighted by Gasteiger charge is 2.16. The van der Waals surface area contributed by atoms with Crippen molar-refractivity contribution in [3.8, 4) is 28.0 Å². The van der Waals surface area contributed by atoms with E-state index in [9.17, 15) is 5.26 Å². The lowest BCUT2D eigenvalue weighted by atomic mass is 10.1. The summed E-state index contributed by atoms with van der Waals surface area (Å²) in [6.45, 7) is 0. The summed E-state index contributed by atoms with van der Waals surface area (Å²) in [5.74, 6) is 1.31. The Labute approximate surface area is 127 Å². The van der Waals surface area contributed by atoms with Crippen LogP contribution in [0.3, 0.4) is 0 Å². The molecule has 0 saturated carbocycles. The van der Waals surface area contributed by atoms with E-state index in [0.29, 0.717) is 17.1 Å². The molecule has 0 aliphatic carbocycles. The Kier molecular flexibility index (Phi) is 3.51. The van der Waals surface area contributed by atoms with Gasteiger partial charge in [0.1, 0.15) is 6.07 Å². The van der Waals surface area contributed by atoms with E-state index in [4.69, 9.17) is 9.47 Å². The predicted octanol–water partition coefficient (Wildman–Crippen LogP) is 4.46. The van der Waals surface area contributed by atoms with Crippen molar-refractivity contribution < 1.29 is 9.47 Å². The van der Waals surface area contributed by atoms with Crippen LogP contribution in [0.1, 0.15) is 5.56 Å². The number of nitrogens with zero attached hydrogens (tertiary/aromatic N) is 1. The number of methoxy groups -OCH3 is 2. The monoisotopic (exact) mass is 295 g/mol. The van der Waals surface area contributed by atoms with Gasteiger partial charge < -0.3 is 9.47 Å². The Hall–Kier alpha value is -2.51. The molecule has 2 aromatic carbocycles. The minimum absolute atomic E-state index is 0.638. The van der Waals surface area contributed by atoms with E-state index in [2.05, 4.69) is 6.07 Å². The average molecular weight is 295 g/mol. The summed E-state index contributed by atoms with van der Waals surface area (Å²) in [6.07, 6.45) is 0. The molecule has 104 valence electrons. The summed E-state index contributed by atoms with van der Waals surface area (Å²) in [5, 5.41) is 10.4. The molecule has 0 amide bonds. The van der Waals surface area contributed by atoms with Gasteiger partial charge in [-0.25, -0.2) is 0 Å². The molecule has 21 heavy (non-hydrogen) atoms. The smallest absolute Gasteiger partial charge is 0.162 e. The molecule has 0 fully saturated rings. The fourth-order valence-electron chi connectivity index (χ4n) is 2.33. The van der Waals surface area contributed by atoms with Crippen LogP contribution < -0.4 is 9.47 Å². The van der Waals surface area contributed by atoms with Crippen LogP contribution in [0, 0.1) is 11.3 Å². The van der Waals surface area contributed by atoms with Gasteiger partial charge in [0.05, 0.1) is 24.7 Å². The van der Waals surface area contributed by atoms with Crippen molar-refractivity contribution in [3.63, 3.8) is 0 Å². The number of rotatable bonds is 3. The third-order valence-corrected chi connectivity index (χ3v) is 4.54. The molecule has 0 atom stereocenters. The van der Waals surface area contributed by atoms with Crippen LogP contribution in [-0.4, -0.2) is 14.2 Å². The van der Waals surface area contributed by atoms with E-state index >= 15 is 0 Å². The summed E-state index contributed by atoms with van der Waals surface area (Å²) in [5.41, 5.74) is 1.73. The highest BCUT2D eigenvalue weighted by molar-refractivity contribution is 7.22. The van der Waals surface area contributed by atoms with Crippen LogP contribution in [-0.2, 0) is 0 Å². The van der Waals surface area contributed by atoms with Gasteiger partial charge >= 0.3 is 0 Å². The average Bonchev–Trinajstić information content (AvgIpc) is 2.91. The van der Waals surface area contributed by atoms with Crippen LogP contribution in [0.15, 0.2) is 42.5 Å². The molecular weight excluding hydrogens is 282 g/mol. The highest BCUT2D eigenvalue weighted by atomic mass is 32.1. The minimum Gasteiger partial charge on any atom is -0.493 e. The van der Waals surface area contributed by atoms with Gasteiger partial charge in [0.2, 0.25) is 0 Å². The number of thiophene rings is 1. The van der Waals surface area contributed by atoms with Crippen molar-refractivity contribution in [2.45, 2.75) is 0 Å². The first kappa shape index (κ1) is 13.5. The van der Waals surface area contributed by atoms with Gasteiger partial charge in [0.15, 0.2) is 11.5 Å². The summed E-state index contributed by atoms with van der Waals surface area (Å²) >= 11 is 1.59. The molecule has 0 N–H and O–H groups in total. The molecule has 3 nitrogen and oxygen atoms in total. The van der Waals surface area contributed by atoms with Crippen LogP contribution in [0.2, 0.25) is 0 Å². The maximum absolute atomic E-state index is 9.54. The normalized spacial score (nSPS) is 10.3. The minimum atomic E-state index is 0.638. The summed E-state index contributed by atoms with van der Waals surface area (Å²) < 4.78 is 11.7. The topological polar surface area (TPSA) is 42.2 Å². The number of ether oxygens (including phenoxy) is 2. The first-order valence-electron chi connectivity index (χ1n) is 6.42. The van der Waals surface area contributed by atoms with E-state index in [1.165, 1.54) is 0 Å². The largest absolute Gasteiger partial charge is 0.493 e. The lowest BCUT2D eigenvalue weighted by Crippen LogP contribution is -1.89. The number of hydrogen-bond acceptors (Lipinski definition) is 4. The molecule has 1 heterocycles. The molecule has 3 rings (SSSR count). The highest BCUT2D eigenvalue weighted by Crippen LogP contribution is 2.42. The fraction of sp³-hybridized carbons (Fsp3) is 0.118. The van der Waals surface area contributed by atoms with Crippen LogP contribution in [0.4, 0.5) is 0 Å². The molecule has 0 radical (unpaired) electrons. The molecule has 0 spiro atoms. The van der Waals surface area contributed by atoms with Gasteiger partial charge in [0.25, 0.3) is 0 Å². The van der Waals surface area contributed by atoms with E-state index in [-0.39, 0.29) is 0 Å². The zero-order chi connectivity index (χ0) is 14.8. The Morgan fingerprint density at radius 2 is 1.67 bits per heavy atom. The number of hydrogen-bond donors (Lipinski definition) is 0. The van der Waals surface area contributed by atoms with Gasteiger partial charge in [-0.1, -0.05) is 30.3 Å². The van der Waals surface area contributed by atoms with Gasteiger partial charge in [-0.05, 0) is 11.6 Å². The van der Waals surface area contributed by atoms with E-state index in [1.54, 1.807) is 25.6 Å². The summed E-state index contributed by atoms with van der Waals surface area (Å²) in [4.78, 5) is 0.975. The number of benzene rings is 2. The lowest BCUT2D eigenvalue weighted by molar-refractivity contribution is 0.356. The van der Waals surface area contributed by atoms with E-state index in [0.717, 1.165) is 20.5 Å². The first-order chi connectivity index (χ1) is 10.3. The van der Waals surface area contributed by atoms with Crippen molar-refractivity contribution in [1.82, 2.24) is 0 Å². The van der Waals surface area contributed by atoms with Gasteiger partial charge in [-0.15, -0.1) is 11.3 Å². The molecule has 3 aromatic rings. The van der Waals surface area contributed by atoms with Crippen molar-refractivity contribution in [3.05, 3.63) is 48.0 Å². The van der Waals surface area contributed by atoms with Crippen molar-refractivity contribution in [2.75, 3.05) is 14.2 Å². The zero-order valence-electron chi connectivity index (χ0n) is 11.7. The van der Waals surface area contributed by atoms with Crippen molar-refractivity contribution >= 4 is 21.4 Å². The van der Waals surface area contributed by atoms with Crippen LogP contribution in [0.25, 0.3) is 20.5 Å². The number of nitriles is 1. The summed E-state index contributed by atoms with van der Waals surface area (Å²) in [6, 6.07) is 16.1. The third kappa shape index (κ3) is 2.22. The first-order valence-corrected chi connectivity index (χ1v) is 7.24. The van der Waals surface area contributed by atoms with E-state index in [1.807, 2.05) is 42.5 Å². The fourth-order valence-corrected chi connectivity index (χ4v) is 3.50. The van der Waals surface area contributed by atoms with Crippen LogP contribution in [0.5, 0.6) is 11.5 Å². The van der Waals surface area contributed by atoms with Crippen LogP contribution >= 0.6 is 11.3 Å². The van der Waals surface area contributed by atoms with Crippen molar-refractivity contribution in [1.29, 1.82) is 5.26 Å². The van der Waals surface area contributed by atoms with Crippen molar-refractivity contribution in [2.24, 2.45) is 0 Å². The van der Waals surface area contributed by atoms with Gasteiger partial charge in [-0.2, -0.15) is 5.26 Å². The third-order valence-electron chi connectivity index (χ3n) is 3.34. The Morgan fingerprint density at radius 3 is 2.29 bits per heavy atom. The van der Waals surface area contributed by atoms with E-state index < -0.39 is 0 Å². The molecule has 0 aliphatic heterocycles. The summed E-state index contributed by atoms with van der Waals surface area (Å²) in [7, 11) is 3.21. The second kappa shape index (κ2) is 5.47. The van der Waals surface area contributed by atoms with Gasteiger partial charge in [0, 0.05) is 16.2 Å².